The summed E-state index contributed by atoms with van der Waals surface area (Å²) in [4.78, 5) is 31.3. The van der Waals surface area contributed by atoms with Gasteiger partial charge in [-0.05, 0) is 69.4 Å². The highest BCUT2D eigenvalue weighted by atomic mass is 32.1. The molecule has 2 aliphatic rings. The minimum absolute atomic E-state index is 0.0349. The molecule has 1 atom stereocenters. The summed E-state index contributed by atoms with van der Waals surface area (Å²) in [5.74, 6) is 1.38. The fourth-order valence-corrected chi connectivity index (χ4v) is 5.88. The summed E-state index contributed by atoms with van der Waals surface area (Å²) in [6.45, 7) is 2.75. The topological polar surface area (TPSA) is 71.1 Å². The summed E-state index contributed by atoms with van der Waals surface area (Å²) in [5.41, 5.74) is 0. The van der Waals surface area contributed by atoms with Gasteiger partial charge in [-0.2, -0.15) is 0 Å². The molecular weight excluding hydrogens is 402 g/mol. The lowest BCUT2D eigenvalue weighted by Crippen LogP contribution is -2.41. The van der Waals surface area contributed by atoms with E-state index in [-0.39, 0.29) is 23.8 Å². The van der Waals surface area contributed by atoms with Crippen LogP contribution < -0.4 is 10.6 Å². The maximum absolute atomic E-state index is 12.6. The van der Waals surface area contributed by atoms with Crippen LogP contribution in [0.2, 0.25) is 0 Å². The number of carbonyl (C=O) groups excluding carboxylic acids is 2. The molecule has 29 heavy (non-hydrogen) atoms. The molecule has 1 unspecified atom stereocenters. The van der Waals surface area contributed by atoms with Crippen LogP contribution in [0, 0.1) is 24.7 Å². The largest absolute Gasteiger partial charge is 0.351 e. The maximum Gasteiger partial charge on any atom is 0.261 e. The summed E-state index contributed by atoms with van der Waals surface area (Å²) >= 11 is 3.18. The van der Waals surface area contributed by atoms with Crippen LogP contribution in [0.3, 0.4) is 0 Å². The fourth-order valence-electron chi connectivity index (χ4n) is 4.32. The lowest BCUT2D eigenvalue weighted by atomic mass is 9.78. The Hall–Kier alpha value is -1.73. The number of carbonyl (C=O) groups is 2. The summed E-state index contributed by atoms with van der Waals surface area (Å²) in [6, 6.07) is 3.92. The predicted octanol–water partition coefficient (Wildman–Crippen LogP) is 4.71. The molecule has 2 saturated carbocycles. The van der Waals surface area contributed by atoms with E-state index in [9.17, 15) is 9.59 Å². The first kappa shape index (κ1) is 20.5. The molecule has 7 heteroatoms. The Morgan fingerprint density at radius 3 is 2.55 bits per heavy atom. The molecule has 2 aromatic heterocycles. The monoisotopic (exact) mass is 431 g/mol. The Kier molecular flexibility index (Phi) is 6.65. The molecule has 2 amide bonds. The van der Waals surface area contributed by atoms with E-state index < -0.39 is 0 Å². The van der Waals surface area contributed by atoms with E-state index in [0.717, 1.165) is 59.8 Å². The van der Waals surface area contributed by atoms with Gasteiger partial charge in [0.2, 0.25) is 5.91 Å². The first-order chi connectivity index (χ1) is 14.1. The van der Waals surface area contributed by atoms with Crippen LogP contribution in [0.1, 0.15) is 70.5 Å². The van der Waals surface area contributed by atoms with Crippen molar-refractivity contribution >= 4 is 34.5 Å². The van der Waals surface area contributed by atoms with E-state index in [1.165, 1.54) is 6.42 Å². The Bertz CT molecular complexity index is 821. The molecule has 0 aliphatic heterocycles. The van der Waals surface area contributed by atoms with Gasteiger partial charge in [0, 0.05) is 28.9 Å². The SMILES string of the molecule is Cc1ccc(C(=O)NCC2CCC(C(NC(=O)C3CCC3)c3nccs3)CC2)s1. The highest BCUT2D eigenvalue weighted by molar-refractivity contribution is 7.13. The summed E-state index contributed by atoms with van der Waals surface area (Å²) in [6.07, 6.45) is 9.32. The number of aromatic nitrogens is 1. The highest BCUT2D eigenvalue weighted by Gasteiger charge is 2.34. The zero-order valence-corrected chi connectivity index (χ0v) is 18.5. The van der Waals surface area contributed by atoms with Crippen LogP contribution >= 0.6 is 22.7 Å². The Labute approximate surface area is 180 Å². The molecule has 2 N–H and O–H groups in total. The van der Waals surface area contributed by atoms with Crippen molar-refractivity contribution in [3.8, 4) is 0 Å². The Balaban J connectivity index is 1.29. The molecule has 2 aromatic rings. The van der Waals surface area contributed by atoms with Crippen LogP contribution in [0.25, 0.3) is 0 Å². The van der Waals surface area contributed by atoms with Gasteiger partial charge in [-0.15, -0.1) is 22.7 Å². The van der Waals surface area contributed by atoms with Crippen LogP contribution in [0.5, 0.6) is 0 Å². The standard InChI is InChI=1S/C22H29N3O2S2/c1-14-5-10-18(29-14)21(27)24-13-15-6-8-16(9-7-15)19(22-23-11-12-28-22)25-20(26)17-3-2-4-17/h5,10-12,15-17,19H,2-4,6-9,13H2,1H3,(H,24,27)(H,25,26). The van der Waals surface area contributed by atoms with E-state index in [2.05, 4.69) is 15.6 Å². The predicted molar refractivity (Wildman–Crippen MR) is 117 cm³/mol. The second kappa shape index (κ2) is 9.39. The van der Waals surface area contributed by atoms with Crippen molar-refractivity contribution < 1.29 is 9.59 Å². The molecule has 156 valence electrons. The van der Waals surface area contributed by atoms with Crippen LogP contribution in [0.15, 0.2) is 23.7 Å². The molecule has 2 aliphatic carbocycles. The normalized spacial score (nSPS) is 23.2. The molecular formula is C22H29N3O2S2. The maximum atomic E-state index is 12.6. The van der Waals surface area contributed by atoms with Crippen molar-refractivity contribution in [1.29, 1.82) is 0 Å². The van der Waals surface area contributed by atoms with E-state index in [1.54, 1.807) is 22.7 Å². The zero-order valence-electron chi connectivity index (χ0n) is 16.9. The van der Waals surface area contributed by atoms with Crippen molar-refractivity contribution in [2.45, 2.75) is 57.9 Å². The number of amides is 2. The quantitative estimate of drug-likeness (QED) is 0.667. The van der Waals surface area contributed by atoms with Gasteiger partial charge < -0.3 is 10.6 Å². The average molecular weight is 432 g/mol. The summed E-state index contributed by atoms with van der Waals surface area (Å²) < 4.78 is 0. The van der Waals surface area contributed by atoms with Crippen LogP contribution in [-0.4, -0.2) is 23.3 Å². The van der Waals surface area contributed by atoms with Gasteiger partial charge >= 0.3 is 0 Å². The molecule has 0 radical (unpaired) electrons. The minimum Gasteiger partial charge on any atom is -0.351 e. The van der Waals surface area contributed by atoms with Crippen molar-refractivity contribution in [2.24, 2.45) is 17.8 Å². The molecule has 5 nitrogen and oxygen atoms in total. The van der Waals surface area contributed by atoms with E-state index in [4.69, 9.17) is 0 Å². The van der Waals surface area contributed by atoms with Gasteiger partial charge in [-0.3, -0.25) is 9.59 Å². The van der Waals surface area contributed by atoms with Crippen LogP contribution in [0.4, 0.5) is 0 Å². The lowest BCUT2D eigenvalue weighted by molar-refractivity contribution is -0.128. The molecule has 0 aromatic carbocycles. The number of nitrogens with zero attached hydrogens (tertiary/aromatic N) is 1. The third kappa shape index (κ3) is 5.07. The lowest BCUT2D eigenvalue weighted by Gasteiger charge is -2.35. The second-order valence-electron chi connectivity index (χ2n) is 8.39. The zero-order chi connectivity index (χ0) is 20.2. The number of thiophene rings is 1. The number of aryl methyl sites for hydroxylation is 1. The molecule has 0 saturated heterocycles. The smallest absolute Gasteiger partial charge is 0.261 e. The number of rotatable bonds is 7. The third-order valence-corrected chi connectivity index (χ3v) is 8.23. The first-order valence-corrected chi connectivity index (χ1v) is 12.3. The van der Waals surface area contributed by atoms with Gasteiger partial charge in [-0.25, -0.2) is 4.98 Å². The van der Waals surface area contributed by atoms with Crippen molar-refractivity contribution in [3.05, 3.63) is 38.5 Å². The number of hydrogen-bond donors (Lipinski definition) is 2. The summed E-state index contributed by atoms with van der Waals surface area (Å²) in [5, 5.41) is 9.45. The highest BCUT2D eigenvalue weighted by Crippen LogP contribution is 2.38. The van der Waals surface area contributed by atoms with Crippen molar-refractivity contribution in [3.63, 3.8) is 0 Å². The number of hydrogen-bond acceptors (Lipinski definition) is 5. The fraction of sp³-hybridized carbons (Fsp3) is 0.591. The Morgan fingerprint density at radius 2 is 1.97 bits per heavy atom. The second-order valence-corrected chi connectivity index (χ2v) is 10.6. The van der Waals surface area contributed by atoms with Gasteiger partial charge in [-0.1, -0.05) is 6.42 Å². The van der Waals surface area contributed by atoms with E-state index in [0.29, 0.717) is 11.8 Å². The minimum atomic E-state index is 0.0349. The van der Waals surface area contributed by atoms with Crippen molar-refractivity contribution in [2.75, 3.05) is 6.54 Å². The average Bonchev–Trinajstić information content (AvgIpc) is 3.35. The third-order valence-electron chi connectivity index (χ3n) is 6.37. The first-order valence-electron chi connectivity index (χ1n) is 10.6. The van der Waals surface area contributed by atoms with E-state index >= 15 is 0 Å². The summed E-state index contributed by atoms with van der Waals surface area (Å²) in [7, 11) is 0. The molecule has 0 spiro atoms. The van der Waals surface area contributed by atoms with Crippen LogP contribution in [-0.2, 0) is 4.79 Å². The number of nitrogens with one attached hydrogen (secondary N) is 2. The molecule has 4 rings (SSSR count). The van der Waals surface area contributed by atoms with Gasteiger partial charge in [0.15, 0.2) is 0 Å². The molecule has 2 heterocycles. The van der Waals surface area contributed by atoms with E-state index in [1.807, 2.05) is 30.6 Å². The van der Waals surface area contributed by atoms with Crippen molar-refractivity contribution in [1.82, 2.24) is 15.6 Å². The van der Waals surface area contributed by atoms with Gasteiger partial charge in [0.1, 0.15) is 5.01 Å². The van der Waals surface area contributed by atoms with Gasteiger partial charge in [0.25, 0.3) is 5.91 Å². The Morgan fingerprint density at radius 1 is 1.17 bits per heavy atom. The molecule has 0 bridgehead atoms. The number of thiazole rings is 1. The molecule has 2 fully saturated rings. The van der Waals surface area contributed by atoms with Gasteiger partial charge in [0.05, 0.1) is 10.9 Å².